The maximum absolute atomic E-state index is 12.4. The summed E-state index contributed by atoms with van der Waals surface area (Å²) in [4.78, 5) is 40.4. The van der Waals surface area contributed by atoms with E-state index in [9.17, 15) is 14.4 Å². The molecule has 130 valence electrons. The number of ether oxygens (including phenoxy) is 1. The molecule has 0 bridgehead atoms. The molecular weight excluding hydrogens is 342 g/mol. The Morgan fingerprint density at radius 2 is 1.84 bits per heavy atom. The molecule has 0 saturated carbocycles. The van der Waals surface area contributed by atoms with Crippen LogP contribution in [0.15, 0.2) is 58.6 Å². The third-order valence-electron chi connectivity index (χ3n) is 3.07. The quantitative estimate of drug-likeness (QED) is 0.795. The van der Waals surface area contributed by atoms with Crippen LogP contribution in [-0.2, 0) is 9.53 Å². The fourth-order valence-electron chi connectivity index (χ4n) is 1.78. The molecule has 0 aliphatic heterocycles. The Kier molecular flexibility index (Phi) is 6.53. The van der Waals surface area contributed by atoms with Gasteiger partial charge in [-0.05, 0) is 31.2 Å². The van der Waals surface area contributed by atoms with E-state index >= 15 is 0 Å². The Bertz CT molecular complexity index is 767. The van der Waals surface area contributed by atoms with Crippen LogP contribution in [0.3, 0.4) is 0 Å². The number of esters is 1. The molecule has 8 heteroatoms. The Balaban J connectivity index is 2.09. The van der Waals surface area contributed by atoms with Crippen molar-refractivity contribution in [2.75, 3.05) is 7.05 Å². The second kappa shape index (κ2) is 8.84. The van der Waals surface area contributed by atoms with Crippen LogP contribution in [0.25, 0.3) is 0 Å². The van der Waals surface area contributed by atoms with Crippen molar-refractivity contribution in [3.05, 3.63) is 54.2 Å². The van der Waals surface area contributed by atoms with Crippen molar-refractivity contribution < 1.29 is 19.1 Å². The summed E-state index contributed by atoms with van der Waals surface area (Å²) in [5.74, 6) is -1.40. The highest BCUT2D eigenvalue weighted by Gasteiger charge is 2.22. The smallest absolute Gasteiger partial charge is 0.341 e. The zero-order valence-corrected chi connectivity index (χ0v) is 14.5. The first-order chi connectivity index (χ1) is 12.0. The highest BCUT2D eigenvalue weighted by atomic mass is 32.2. The summed E-state index contributed by atoms with van der Waals surface area (Å²) in [5, 5.41) is 4.77. The van der Waals surface area contributed by atoms with Gasteiger partial charge in [-0.3, -0.25) is 10.1 Å². The molecule has 0 aliphatic rings. The summed E-state index contributed by atoms with van der Waals surface area (Å²) in [6.07, 6.45) is 0.448. The van der Waals surface area contributed by atoms with Crippen molar-refractivity contribution in [3.63, 3.8) is 0 Å². The minimum Gasteiger partial charge on any atom is -0.449 e. The zero-order valence-electron chi connectivity index (χ0n) is 13.7. The number of nitrogens with zero attached hydrogens (tertiary/aromatic N) is 1. The molecule has 1 heterocycles. The van der Waals surface area contributed by atoms with Crippen molar-refractivity contribution in [1.29, 1.82) is 0 Å². The molecule has 0 aliphatic carbocycles. The Morgan fingerprint density at radius 3 is 2.52 bits per heavy atom. The number of rotatable bonds is 5. The maximum Gasteiger partial charge on any atom is 0.341 e. The number of benzene rings is 1. The number of hydrogen-bond donors (Lipinski definition) is 2. The largest absolute Gasteiger partial charge is 0.449 e. The molecular formula is C17H17N3O4S. The monoisotopic (exact) mass is 359 g/mol. The van der Waals surface area contributed by atoms with Crippen molar-refractivity contribution in [2.24, 2.45) is 0 Å². The number of nitrogens with one attached hydrogen (secondary N) is 2. The van der Waals surface area contributed by atoms with E-state index in [0.717, 1.165) is 4.90 Å². The molecule has 1 unspecified atom stereocenters. The number of hydrogen-bond acceptors (Lipinski definition) is 6. The van der Waals surface area contributed by atoms with E-state index in [1.54, 1.807) is 18.3 Å². The van der Waals surface area contributed by atoms with Gasteiger partial charge in [-0.2, -0.15) is 0 Å². The molecule has 1 atom stereocenters. The Morgan fingerprint density at radius 1 is 1.12 bits per heavy atom. The molecule has 0 saturated heterocycles. The lowest BCUT2D eigenvalue weighted by Crippen LogP contribution is -2.43. The van der Waals surface area contributed by atoms with Crippen LogP contribution in [0.2, 0.25) is 0 Å². The lowest BCUT2D eigenvalue weighted by molar-refractivity contribution is -0.127. The molecule has 25 heavy (non-hydrogen) atoms. The number of carbonyl (C=O) groups excluding carboxylic acids is 3. The zero-order chi connectivity index (χ0) is 18.2. The van der Waals surface area contributed by atoms with E-state index in [1.807, 2.05) is 30.3 Å². The van der Waals surface area contributed by atoms with E-state index in [-0.39, 0.29) is 5.56 Å². The Hall–Kier alpha value is -2.87. The summed E-state index contributed by atoms with van der Waals surface area (Å²) >= 11 is 1.32. The molecule has 2 N–H and O–H groups in total. The predicted molar refractivity (Wildman–Crippen MR) is 92.3 cm³/mol. The summed E-state index contributed by atoms with van der Waals surface area (Å²) in [6, 6.07) is 12.0. The van der Waals surface area contributed by atoms with Gasteiger partial charge in [0.1, 0.15) is 5.03 Å². The summed E-state index contributed by atoms with van der Waals surface area (Å²) in [7, 11) is 1.38. The minimum atomic E-state index is -1.13. The van der Waals surface area contributed by atoms with Gasteiger partial charge in [0.05, 0.1) is 5.56 Å². The molecule has 2 rings (SSSR count). The first-order valence-corrected chi connectivity index (χ1v) is 8.24. The lowest BCUT2D eigenvalue weighted by atomic mass is 10.3. The first kappa shape index (κ1) is 18.5. The number of aromatic nitrogens is 1. The molecule has 0 spiro atoms. The molecule has 3 amide bonds. The van der Waals surface area contributed by atoms with Gasteiger partial charge in [-0.15, -0.1) is 0 Å². The van der Waals surface area contributed by atoms with Crippen molar-refractivity contribution in [3.8, 4) is 0 Å². The van der Waals surface area contributed by atoms with Gasteiger partial charge in [0.15, 0.2) is 6.10 Å². The lowest BCUT2D eigenvalue weighted by Gasteiger charge is -2.14. The predicted octanol–water partition coefficient (Wildman–Crippen LogP) is 2.23. The van der Waals surface area contributed by atoms with Crippen LogP contribution < -0.4 is 10.6 Å². The fourth-order valence-corrected chi connectivity index (χ4v) is 2.67. The topological polar surface area (TPSA) is 97.4 Å². The van der Waals surface area contributed by atoms with Crippen molar-refractivity contribution >= 4 is 29.7 Å². The number of imide groups is 1. The standard InChI is InChI=1S/C17H17N3O4S/c1-11(14(21)20-17(23)18-2)24-16(22)13-9-6-10-19-15(13)25-12-7-4-3-5-8-12/h3-11H,1-2H3,(H2,18,20,21,23). The van der Waals surface area contributed by atoms with Gasteiger partial charge in [0.2, 0.25) is 0 Å². The van der Waals surface area contributed by atoms with Crippen LogP contribution in [0.1, 0.15) is 17.3 Å². The minimum absolute atomic E-state index is 0.246. The average molecular weight is 359 g/mol. The SMILES string of the molecule is CNC(=O)NC(=O)C(C)OC(=O)c1cccnc1Sc1ccccc1. The van der Waals surface area contributed by atoms with Crippen LogP contribution in [0.4, 0.5) is 4.79 Å². The average Bonchev–Trinajstić information content (AvgIpc) is 2.62. The number of pyridine rings is 1. The second-order valence-electron chi connectivity index (χ2n) is 4.89. The Labute approximate surface area is 149 Å². The highest BCUT2D eigenvalue weighted by Crippen LogP contribution is 2.28. The van der Waals surface area contributed by atoms with Gasteiger partial charge >= 0.3 is 12.0 Å². The molecule has 0 fully saturated rings. The fraction of sp³-hybridized carbons (Fsp3) is 0.176. The van der Waals surface area contributed by atoms with Gasteiger partial charge in [0, 0.05) is 18.1 Å². The van der Waals surface area contributed by atoms with E-state index in [2.05, 4.69) is 15.6 Å². The van der Waals surface area contributed by atoms with Crippen molar-refractivity contribution in [1.82, 2.24) is 15.6 Å². The van der Waals surface area contributed by atoms with E-state index in [4.69, 9.17) is 4.74 Å². The maximum atomic E-state index is 12.4. The van der Waals surface area contributed by atoms with Crippen LogP contribution in [0, 0.1) is 0 Å². The van der Waals surface area contributed by atoms with Gasteiger partial charge in [-0.25, -0.2) is 14.6 Å². The van der Waals surface area contributed by atoms with E-state index in [1.165, 1.54) is 25.7 Å². The first-order valence-electron chi connectivity index (χ1n) is 7.42. The molecule has 0 radical (unpaired) electrons. The molecule has 2 aromatic rings. The highest BCUT2D eigenvalue weighted by molar-refractivity contribution is 7.99. The van der Waals surface area contributed by atoms with E-state index in [0.29, 0.717) is 5.03 Å². The number of carbonyl (C=O) groups is 3. The molecule has 1 aromatic carbocycles. The number of amides is 3. The molecule has 1 aromatic heterocycles. The third kappa shape index (κ3) is 5.32. The summed E-state index contributed by atoms with van der Waals surface area (Å²) in [5.41, 5.74) is 0.246. The second-order valence-corrected chi connectivity index (χ2v) is 5.95. The van der Waals surface area contributed by atoms with Crippen LogP contribution in [0.5, 0.6) is 0 Å². The number of urea groups is 1. The molecule has 7 nitrogen and oxygen atoms in total. The summed E-state index contributed by atoms with van der Waals surface area (Å²) < 4.78 is 5.14. The van der Waals surface area contributed by atoms with Crippen LogP contribution >= 0.6 is 11.8 Å². The van der Waals surface area contributed by atoms with Gasteiger partial charge < -0.3 is 10.1 Å². The normalized spacial score (nSPS) is 11.3. The van der Waals surface area contributed by atoms with Crippen molar-refractivity contribution in [2.45, 2.75) is 22.9 Å². The van der Waals surface area contributed by atoms with Gasteiger partial charge in [0.25, 0.3) is 5.91 Å². The van der Waals surface area contributed by atoms with E-state index < -0.39 is 24.0 Å². The van der Waals surface area contributed by atoms with Gasteiger partial charge in [-0.1, -0.05) is 30.0 Å². The van der Waals surface area contributed by atoms with Crippen LogP contribution in [-0.4, -0.2) is 36.0 Å². The summed E-state index contributed by atoms with van der Waals surface area (Å²) in [6.45, 7) is 1.39. The third-order valence-corrected chi connectivity index (χ3v) is 4.09.